The Labute approximate surface area is 157 Å². The molecule has 1 N–H and O–H groups in total. The van der Waals surface area contributed by atoms with Gasteiger partial charge in [-0.2, -0.15) is 4.31 Å². The Hall–Kier alpha value is -2.32. The number of amides is 1. The summed E-state index contributed by atoms with van der Waals surface area (Å²) in [4.78, 5) is 12.4. The van der Waals surface area contributed by atoms with Crippen LogP contribution in [-0.4, -0.2) is 31.2 Å². The molecule has 5 nitrogen and oxygen atoms in total. The van der Waals surface area contributed by atoms with Gasteiger partial charge in [-0.3, -0.25) is 4.79 Å². The van der Waals surface area contributed by atoms with Gasteiger partial charge in [0.1, 0.15) is 0 Å². The summed E-state index contributed by atoms with van der Waals surface area (Å²) in [5.41, 5.74) is -0.262. The highest BCUT2D eigenvalue weighted by atomic mass is 32.2. The molecule has 2 aromatic carbocycles. The van der Waals surface area contributed by atoms with Crippen LogP contribution in [0.5, 0.6) is 0 Å². The van der Waals surface area contributed by atoms with Gasteiger partial charge in [-0.25, -0.2) is 17.2 Å². The lowest BCUT2D eigenvalue weighted by Gasteiger charge is -2.32. The van der Waals surface area contributed by atoms with E-state index in [0.717, 1.165) is 25.3 Å². The Morgan fingerprint density at radius 1 is 1.15 bits per heavy atom. The van der Waals surface area contributed by atoms with Gasteiger partial charge in [0.05, 0.1) is 10.6 Å². The van der Waals surface area contributed by atoms with E-state index in [0.29, 0.717) is 6.54 Å². The van der Waals surface area contributed by atoms with E-state index < -0.39 is 27.6 Å². The Morgan fingerprint density at radius 2 is 1.89 bits per heavy atom. The van der Waals surface area contributed by atoms with Gasteiger partial charge in [0, 0.05) is 18.2 Å². The zero-order valence-corrected chi connectivity index (χ0v) is 15.6. The molecule has 0 spiro atoms. The van der Waals surface area contributed by atoms with Crippen LogP contribution in [0.2, 0.25) is 0 Å². The maximum Gasteiger partial charge on any atom is 0.255 e. The van der Waals surface area contributed by atoms with Gasteiger partial charge in [0.2, 0.25) is 10.0 Å². The first-order valence-corrected chi connectivity index (χ1v) is 10.1. The predicted octanol–water partition coefficient (Wildman–Crippen LogP) is 3.78. The van der Waals surface area contributed by atoms with Gasteiger partial charge in [0.25, 0.3) is 5.91 Å². The van der Waals surface area contributed by atoms with Gasteiger partial charge in [0.15, 0.2) is 11.6 Å². The second-order valence-corrected chi connectivity index (χ2v) is 8.43. The van der Waals surface area contributed by atoms with E-state index in [1.165, 1.54) is 40.7 Å². The number of anilines is 1. The van der Waals surface area contributed by atoms with Gasteiger partial charge in [-0.15, -0.1) is 0 Å². The molecule has 1 unspecified atom stereocenters. The third-order valence-corrected chi connectivity index (χ3v) is 6.65. The zero-order chi connectivity index (χ0) is 19.6. The third-order valence-electron chi connectivity index (χ3n) is 4.64. The van der Waals surface area contributed by atoms with Crippen LogP contribution in [0, 0.1) is 11.6 Å². The van der Waals surface area contributed by atoms with Crippen LogP contribution in [0.4, 0.5) is 14.5 Å². The van der Waals surface area contributed by atoms with E-state index in [-0.39, 0.29) is 22.2 Å². The molecule has 1 saturated heterocycles. The molecular weight excluding hydrogens is 374 g/mol. The molecule has 1 aliphatic rings. The maximum absolute atomic E-state index is 13.7. The molecule has 1 fully saturated rings. The summed E-state index contributed by atoms with van der Waals surface area (Å²) in [6.07, 6.45) is 2.57. The summed E-state index contributed by atoms with van der Waals surface area (Å²) in [6, 6.07) is 8.89. The minimum absolute atomic E-state index is 0.00335. The molecule has 0 aliphatic carbocycles. The summed E-state index contributed by atoms with van der Waals surface area (Å²) in [7, 11) is -3.74. The number of rotatable bonds is 4. The lowest BCUT2D eigenvalue weighted by atomic mass is 10.1. The summed E-state index contributed by atoms with van der Waals surface area (Å²) in [5.74, 6) is -2.97. The number of nitrogens with zero attached hydrogens (tertiary/aromatic N) is 1. The van der Waals surface area contributed by atoms with Gasteiger partial charge < -0.3 is 5.32 Å². The van der Waals surface area contributed by atoms with Crippen LogP contribution in [0.1, 0.15) is 36.5 Å². The second-order valence-electron chi connectivity index (χ2n) is 6.54. The molecule has 2 aromatic rings. The number of carbonyl (C=O) groups is 1. The summed E-state index contributed by atoms with van der Waals surface area (Å²) >= 11 is 0. The van der Waals surface area contributed by atoms with Crippen LogP contribution in [0.25, 0.3) is 0 Å². The van der Waals surface area contributed by atoms with Crippen molar-refractivity contribution in [3.8, 4) is 0 Å². The Bertz CT molecular complexity index is 963. The highest BCUT2D eigenvalue weighted by Gasteiger charge is 2.31. The molecule has 1 heterocycles. The van der Waals surface area contributed by atoms with E-state index in [4.69, 9.17) is 0 Å². The maximum atomic E-state index is 13.7. The number of sulfonamides is 1. The molecular formula is C19H20F2N2O3S. The molecule has 27 heavy (non-hydrogen) atoms. The predicted molar refractivity (Wildman–Crippen MR) is 98.0 cm³/mol. The van der Waals surface area contributed by atoms with Crippen molar-refractivity contribution in [2.75, 3.05) is 11.9 Å². The van der Waals surface area contributed by atoms with E-state index in [9.17, 15) is 22.0 Å². The van der Waals surface area contributed by atoms with Crippen molar-refractivity contribution in [1.29, 1.82) is 0 Å². The second kappa shape index (κ2) is 7.74. The van der Waals surface area contributed by atoms with Crippen molar-refractivity contribution in [2.45, 2.75) is 37.1 Å². The quantitative estimate of drug-likeness (QED) is 0.858. The van der Waals surface area contributed by atoms with Crippen molar-refractivity contribution in [3.63, 3.8) is 0 Å². The lowest BCUT2D eigenvalue weighted by Crippen LogP contribution is -2.41. The van der Waals surface area contributed by atoms with E-state index >= 15 is 0 Å². The monoisotopic (exact) mass is 394 g/mol. The third kappa shape index (κ3) is 4.01. The van der Waals surface area contributed by atoms with E-state index in [1.54, 1.807) is 0 Å². The van der Waals surface area contributed by atoms with Crippen molar-refractivity contribution in [2.24, 2.45) is 0 Å². The Kier molecular flexibility index (Phi) is 5.57. The average Bonchev–Trinajstić information content (AvgIpc) is 2.65. The molecule has 1 atom stereocenters. The van der Waals surface area contributed by atoms with Crippen LogP contribution >= 0.6 is 0 Å². The molecule has 8 heteroatoms. The topological polar surface area (TPSA) is 66.5 Å². The Morgan fingerprint density at radius 3 is 2.63 bits per heavy atom. The lowest BCUT2D eigenvalue weighted by molar-refractivity contribution is 0.102. The highest BCUT2D eigenvalue weighted by molar-refractivity contribution is 7.89. The number of carbonyl (C=O) groups excluding carboxylic acids is 1. The van der Waals surface area contributed by atoms with Crippen molar-refractivity contribution < 1.29 is 22.0 Å². The molecule has 3 rings (SSSR count). The van der Waals surface area contributed by atoms with Crippen molar-refractivity contribution >= 4 is 21.6 Å². The minimum atomic E-state index is -3.74. The van der Waals surface area contributed by atoms with Crippen LogP contribution in [0.15, 0.2) is 47.4 Å². The molecule has 0 bridgehead atoms. The molecule has 144 valence electrons. The molecule has 0 saturated carbocycles. The smallest absolute Gasteiger partial charge is 0.255 e. The van der Waals surface area contributed by atoms with Crippen molar-refractivity contribution in [3.05, 3.63) is 59.7 Å². The number of hydrogen-bond acceptors (Lipinski definition) is 3. The molecule has 1 aliphatic heterocycles. The van der Waals surface area contributed by atoms with Crippen LogP contribution in [0.3, 0.4) is 0 Å². The normalized spacial score (nSPS) is 18.3. The first-order valence-electron chi connectivity index (χ1n) is 8.68. The number of piperidine rings is 1. The summed E-state index contributed by atoms with van der Waals surface area (Å²) in [6.45, 7) is 2.30. The van der Waals surface area contributed by atoms with Crippen molar-refractivity contribution in [1.82, 2.24) is 4.31 Å². The molecule has 1 amide bonds. The fraction of sp³-hybridized carbons (Fsp3) is 0.316. The molecule has 0 aromatic heterocycles. The summed E-state index contributed by atoms with van der Waals surface area (Å²) < 4.78 is 54.3. The number of hydrogen-bond donors (Lipinski definition) is 1. The highest BCUT2D eigenvalue weighted by Crippen LogP contribution is 2.26. The number of nitrogens with one attached hydrogen (secondary N) is 1. The largest absolute Gasteiger partial charge is 0.319 e. The van der Waals surface area contributed by atoms with Gasteiger partial charge >= 0.3 is 0 Å². The van der Waals surface area contributed by atoms with Gasteiger partial charge in [-0.1, -0.05) is 18.6 Å². The SMILES string of the molecule is CC1CCCCN1S(=O)(=O)c1cccc(C(=O)Nc2cccc(F)c2F)c1. The first-order chi connectivity index (χ1) is 12.8. The van der Waals surface area contributed by atoms with Crippen LogP contribution < -0.4 is 5.32 Å². The summed E-state index contributed by atoms with van der Waals surface area (Å²) in [5, 5.41) is 2.27. The zero-order valence-electron chi connectivity index (χ0n) is 14.8. The number of benzene rings is 2. The van der Waals surface area contributed by atoms with Crippen LogP contribution in [-0.2, 0) is 10.0 Å². The average molecular weight is 394 g/mol. The van der Waals surface area contributed by atoms with E-state index in [2.05, 4.69) is 5.32 Å². The Balaban J connectivity index is 1.86. The number of halogens is 2. The van der Waals surface area contributed by atoms with Gasteiger partial charge in [-0.05, 0) is 50.1 Å². The first kappa shape index (κ1) is 19.4. The van der Waals surface area contributed by atoms with E-state index in [1.807, 2.05) is 6.92 Å². The fourth-order valence-corrected chi connectivity index (χ4v) is 4.90. The standard InChI is InChI=1S/C19H20F2N2O3S/c1-13-6-2-3-11-23(13)27(25,26)15-8-4-7-14(12-15)19(24)22-17-10-5-9-16(20)18(17)21/h4-5,7-10,12-13H,2-3,6,11H2,1H3,(H,22,24). The molecule has 0 radical (unpaired) electrons. The minimum Gasteiger partial charge on any atom is -0.319 e. The fourth-order valence-electron chi connectivity index (χ4n) is 3.16.